The van der Waals surface area contributed by atoms with Crippen LogP contribution in [0.2, 0.25) is 0 Å². The number of pyridine rings is 2. The van der Waals surface area contributed by atoms with Gasteiger partial charge in [-0.15, -0.1) is 0 Å². The minimum absolute atomic E-state index is 0.106. The monoisotopic (exact) mass is 607 g/mol. The van der Waals surface area contributed by atoms with Crippen LogP contribution in [0.3, 0.4) is 0 Å². The molecular weight excluding hydrogens is 574 g/mol. The van der Waals surface area contributed by atoms with Gasteiger partial charge in [0.2, 0.25) is 5.91 Å². The predicted molar refractivity (Wildman–Crippen MR) is 165 cm³/mol. The maximum Gasteiger partial charge on any atom is 0.426 e. The minimum atomic E-state index is -0.949. The van der Waals surface area contributed by atoms with E-state index < -0.39 is 29.6 Å². The van der Waals surface area contributed by atoms with Gasteiger partial charge < -0.3 is 14.7 Å². The van der Waals surface area contributed by atoms with Crippen molar-refractivity contribution in [2.45, 2.75) is 58.1 Å². The van der Waals surface area contributed by atoms with E-state index in [0.717, 1.165) is 24.0 Å². The molecule has 45 heavy (non-hydrogen) atoms. The number of piperidine rings is 1. The molecule has 3 aromatic rings. The van der Waals surface area contributed by atoms with E-state index in [0.29, 0.717) is 36.0 Å². The van der Waals surface area contributed by atoms with Crippen LogP contribution in [0, 0.1) is 35.5 Å². The van der Waals surface area contributed by atoms with Crippen molar-refractivity contribution >= 4 is 34.8 Å². The summed E-state index contributed by atoms with van der Waals surface area (Å²) in [5, 5.41) is 9.97. The van der Waals surface area contributed by atoms with Gasteiger partial charge in [-0.25, -0.2) is 20.0 Å². The van der Waals surface area contributed by atoms with Crippen LogP contribution in [0.4, 0.5) is 4.79 Å². The van der Waals surface area contributed by atoms with Crippen molar-refractivity contribution in [1.82, 2.24) is 25.7 Å². The molecule has 230 valence electrons. The molecular formula is C34H33N5O6. The minimum Gasteiger partial charge on any atom is -0.480 e. The zero-order valence-electron chi connectivity index (χ0n) is 25.2. The number of nitrogens with zero attached hydrogens (tertiary/aromatic N) is 3. The Bertz CT molecular complexity index is 1770. The number of hydrogen-bond acceptors (Lipinski definition) is 7. The maximum absolute atomic E-state index is 13.0. The summed E-state index contributed by atoms with van der Waals surface area (Å²) in [7, 11) is 0. The van der Waals surface area contributed by atoms with Gasteiger partial charge in [-0.1, -0.05) is 24.0 Å². The maximum atomic E-state index is 13.0. The average molecular weight is 608 g/mol. The Morgan fingerprint density at radius 3 is 2.56 bits per heavy atom. The molecule has 0 bridgehead atoms. The summed E-state index contributed by atoms with van der Waals surface area (Å²) in [5.74, 6) is 9.71. The van der Waals surface area contributed by atoms with Crippen molar-refractivity contribution in [3.8, 4) is 34.9 Å². The Balaban J connectivity index is 1.24. The molecule has 5 rings (SSSR count). The summed E-state index contributed by atoms with van der Waals surface area (Å²) in [6.07, 6.45) is 5.08. The molecule has 3 heterocycles. The van der Waals surface area contributed by atoms with Crippen LogP contribution >= 0.6 is 0 Å². The fourth-order valence-corrected chi connectivity index (χ4v) is 5.13. The van der Waals surface area contributed by atoms with Gasteiger partial charge in [0.15, 0.2) is 0 Å². The Labute approximate surface area is 260 Å². The van der Waals surface area contributed by atoms with Gasteiger partial charge in [0.05, 0.1) is 22.7 Å². The third-order valence-corrected chi connectivity index (χ3v) is 7.42. The fraction of sp³-hybridized carbons (Fsp3) is 0.353. The van der Waals surface area contributed by atoms with Crippen LogP contribution in [0.1, 0.15) is 62.4 Å². The normalized spacial score (nSPS) is 18.8. The lowest BCUT2D eigenvalue weighted by Gasteiger charge is -2.33. The van der Waals surface area contributed by atoms with Crippen LogP contribution in [-0.4, -0.2) is 62.0 Å². The number of carboxylic acids is 1. The number of benzene rings is 1. The molecule has 11 heteroatoms. The smallest absolute Gasteiger partial charge is 0.426 e. The summed E-state index contributed by atoms with van der Waals surface area (Å²) < 4.78 is 5.17. The molecule has 1 aliphatic carbocycles. The van der Waals surface area contributed by atoms with Crippen molar-refractivity contribution in [2.75, 3.05) is 6.54 Å². The quantitative estimate of drug-likeness (QED) is 0.298. The third-order valence-electron chi connectivity index (χ3n) is 7.42. The van der Waals surface area contributed by atoms with Crippen LogP contribution in [0.25, 0.3) is 22.2 Å². The first-order valence-electron chi connectivity index (χ1n) is 14.7. The molecule has 1 saturated heterocycles. The number of carboxylic acid groups (broad SMARTS) is 1. The molecule has 2 aromatic heterocycles. The topological polar surface area (TPSA) is 151 Å². The van der Waals surface area contributed by atoms with Gasteiger partial charge in [-0.2, -0.15) is 0 Å². The van der Waals surface area contributed by atoms with E-state index in [-0.39, 0.29) is 23.3 Å². The SMILES string of the molecule is CC(C)(C)OC(=O)NNC(=O)c1cc(-c2ccc(C#CC#CC3CC3C(=O)N3CCCCC3C(=O)O)cc2)nc2ccncc12. The number of likely N-dealkylation sites (tertiary alicyclic amines) is 1. The van der Waals surface area contributed by atoms with Gasteiger partial charge >= 0.3 is 12.1 Å². The van der Waals surface area contributed by atoms with E-state index in [4.69, 9.17) is 4.74 Å². The molecule has 3 N–H and O–H groups in total. The second-order valence-electron chi connectivity index (χ2n) is 12.0. The van der Waals surface area contributed by atoms with Gasteiger partial charge in [-0.05, 0) is 82.6 Å². The second-order valence-corrected chi connectivity index (χ2v) is 12.0. The predicted octanol–water partition coefficient (Wildman–Crippen LogP) is 3.92. The molecule has 0 radical (unpaired) electrons. The van der Waals surface area contributed by atoms with Crippen LogP contribution in [0.15, 0.2) is 48.8 Å². The molecule has 1 saturated carbocycles. The lowest BCUT2D eigenvalue weighted by molar-refractivity contribution is -0.152. The number of aromatic nitrogens is 2. The molecule has 3 atom stereocenters. The van der Waals surface area contributed by atoms with Crippen molar-refractivity contribution < 1.29 is 29.0 Å². The summed E-state index contributed by atoms with van der Waals surface area (Å²) in [4.78, 5) is 59.7. The van der Waals surface area contributed by atoms with E-state index >= 15 is 0 Å². The standard InChI is InChI=1S/C34H33N5O6/c1-34(2,3)45-33(44)38-37-30(40)25-19-28(36-27-15-16-35-20-26(25)27)22-13-11-21(12-14-22)8-4-5-9-23-18-24(23)31(41)39-17-7-6-10-29(39)32(42)43/h11-16,19-20,23-24,29H,6-7,10,17-18H2,1-3H3,(H,37,40)(H,38,44)(H,42,43). The zero-order valence-corrected chi connectivity index (χ0v) is 25.2. The van der Waals surface area contributed by atoms with Crippen molar-refractivity contribution in [3.63, 3.8) is 0 Å². The molecule has 3 amide bonds. The molecule has 1 aromatic carbocycles. The number of fused-ring (bicyclic) bond motifs is 1. The Hall–Kier alpha value is -5.42. The lowest BCUT2D eigenvalue weighted by Crippen LogP contribution is -2.48. The van der Waals surface area contributed by atoms with Crippen LogP contribution < -0.4 is 10.9 Å². The first-order valence-corrected chi connectivity index (χ1v) is 14.7. The molecule has 11 nitrogen and oxygen atoms in total. The number of hydrazine groups is 1. The highest BCUT2D eigenvalue weighted by atomic mass is 16.6. The van der Waals surface area contributed by atoms with E-state index in [1.54, 1.807) is 39.1 Å². The third kappa shape index (κ3) is 7.76. The van der Waals surface area contributed by atoms with E-state index in [1.807, 2.05) is 24.3 Å². The largest absolute Gasteiger partial charge is 0.480 e. The fourth-order valence-electron chi connectivity index (χ4n) is 5.13. The summed E-state index contributed by atoms with van der Waals surface area (Å²) >= 11 is 0. The van der Waals surface area contributed by atoms with Gasteiger partial charge in [0.1, 0.15) is 11.6 Å². The van der Waals surface area contributed by atoms with Gasteiger partial charge in [0, 0.05) is 41.4 Å². The lowest BCUT2D eigenvalue weighted by atomic mass is 10.0. The number of amides is 3. The Morgan fingerprint density at radius 1 is 1.04 bits per heavy atom. The summed E-state index contributed by atoms with van der Waals surface area (Å²) in [6, 6.07) is 9.88. The van der Waals surface area contributed by atoms with Crippen molar-refractivity contribution in [1.29, 1.82) is 0 Å². The molecule has 1 aliphatic heterocycles. The molecule has 0 spiro atoms. The van der Waals surface area contributed by atoms with Crippen molar-refractivity contribution in [3.05, 3.63) is 59.9 Å². The number of rotatable bonds is 4. The number of carbonyl (C=O) groups is 4. The van der Waals surface area contributed by atoms with Crippen molar-refractivity contribution in [2.24, 2.45) is 11.8 Å². The highest BCUT2D eigenvalue weighted by Gasteiger charge is 2.46. The number of ether oxygens (including phenoxy) is 1. The van der Waals surface area contributed by atoms with Crippen LogP contribution in [-0.2, 0) is 14.3 Å². The molecule has 2 fully saturated rings. The molecule has 3 unspecified atom stereocenters. The number of nitrogens with one attached hydrogen (secondary N) is 2. The summed E-state index contributed by atoms with van der Waals surface area (Å²) in [5.41, 5.74) is 6.76. The number of carbonyl (C=O) groups excluding carboxylic acids is 3. The van der Waals surface area contributed by atoms with E-state index in [1.165, 1.54) is 11.1 Å². The van der Waals surface area contributed by atoms with E-state index in [9.17, 15) is 24.3 Å². The number of hydrogen-bond donors (Lipinski definition) is 3. The van der Waals surface area contributed by atoms with Crippen LogP contribution in [0.5, 0.6) is 0 Å². The Kier molecular flexibility index (Phi) is 9.01. The Morgan fingerprint density at radius 2 is 1.82 bits per heavy atom. The number of aliphatic carboxylic acids is 1. The van der Waals surface area contributed by atoms with Gasteiger partial charge in [-0.3, -0.25) is 20.0 Å². The summed E-state index contributed by atoms with van der Waals surface area (Å²) in [6.45, 7) is 5.64. The average Bonchev–Trinajstić information content (AvgIpc) is 3.80. The zero-order chi connectivity index (χ0) is 32.1. The highest BCUT2D eigenvalue weighted by molar-refractivity contribution is 6.07. The first kappa shape index (κ1) is 31.0. The van der Waals surface area contributed by atoms with Gasteiger partial charge in [0.25, 0.3) is 5.91 Å². The van der Waals surface area contributed by atoms with E-state index in [2.05, 4.69) is 44.5 Å². The molecule has 2 aliphatic rings. The first-order chi connectivity index (χ1) is 21.5. The second kappa shape index (κ2) is 13.1. The highest BCUT2D eigenvalue weighted by Crippen LogP contribution is 2.40.